The van der Waals surface area contributed by atoms with E-state index in [-0.39, 0.29) is 11.2 Å². The third-order valence-corrected chi connectivity index (χ3v) is 4.01. The Kier molecular flexibility index (Phi) is 4.64. The molecule has 0 aliphatic carbocycles. The maximum absolute atomic E-state index is 12.2. The van der Waals surface area contributed by atoms with Crippen LogP contribution in [0.25, 0.3) is 11.2 Å². The second-order valence-electron chi connectivity index (χ2n) is 5.90. The molecule has 3 aromatic rings. The second-order valence-corrected chi connectivity index (χ2v) is 5.90. The highest BCUT2D eigenvalue weighted by molar-refractivity contribution is 5.72. The number of H-pyrrole nitrogens is 1. The van der Waals surface area contributed by atoms with Crippen molar-refractivity contribution in [3.63, 3.8) is 0 Å². The fourth-order valence-corrected chi connectivity index (χ4v) is 2.72. The van der Waals surface area contributed by atoms with Gasteiger partial charge in [-0.1, -0.05) is 5.92 Å². The molecule has 0 atom stereocenters. The Labute approximate surface area is 154 Å². The van der Waals surface area contributed by atoms with E-state index in [9.17, 15) is 9.59 Å². The number of benzene rings is 1. The average molecular weight is 369 g/mol. The van der Waals surface area contributed by atoms with Gasteiger partial charge in [0, 0.05) is 26.7 Å². The number of hydrogen-bond acceptors (Lipinski definition) is 6. The molecule has 9 heteroatoms. The standard InChI is InChI=1S/C18H19N5O4/c1-21(2)23-16-15(17(24)20-18(23)25)22(3)14(19-16)9-7-11-6-8-12(26-4)13(10-11)27-5/h6,8,10H,1-5H3,(H,20,24,25). The highest BCUT2D eigenvalue weighted by Gasteiger charge is 2.16. The van der Waals surface area contributed by atoms with Gasteiger partial charge in [-0.3, -0.25) is 9.78 Å². The first-order chi connectivity index (χ1) is 12.9. The van der Waals surface area contributed by atoms with E-state index < -0.39 is 11.2 Å². The van der Waals surface area contributed by atoms with E-state index in [4.69, 9.17) is 9.47 Å². The molecule has 0 aliphatic heterocycles. The molecular weight excluding hydrogens is 350 g/mol. The van der Waals surface area contributed by atoms with Crippen molar-refractivity contribution in [1.82, 2.24) is 19.2 Å². The third kappa shape index (κ3) is 3.13. The van der Waals surface area contributed by atoms with Gasteiger partial charge in [-0.15, -0.1) is 0 Å². The minimum absolute atomic E-state index is 0.243. The topological polar surface area (TPSA) is 94.4 Å². The summed E-state index contributed by atoms with van der Waals surface area (Å²) in [5.41, 5.74) is 0.128. The molecular formula is C18H19N5O4. The van der Waals surface area contributed by atoms with Crippen molar-refractivity contribution >= 4 is 11.2 Å². The monoisotopic (exact) mass is 369 g/mol. The van der Waals surface area contributed by atoms with Crippen LogP contribution in [0.5, 0.6) is 11.5 Å². The Balaban J connectivity index is 2.15. The number of ether oxygens (including phenoxy) is 2. The summed E-state index contributed by atoms with van der Waals surface area (Å²) in [7, 11) is 8.15. The molecule has 2 aromatic heterocycles. The smallest absolute Gasteiger partial charge is 0.349 e. The van der Waals surface area contributed by atoms with E-state index in [0.29, 0.717) is 22.9 Å². The van der Waals surface area contributed by atoms with E-state index in [1.807, 2.05) is 0 Å². The number of aromatic nitrogens is 4. The highest BCUT2D eigenvalue weighted by atomic mass is 16.5. The van der Waals surface area contributed by atoms with Crippen LogP contribution in [0.4, 0.5) is 0 Å². The van der Waals surface area contributed by atoms with Gasteiger partial charge in [-0.25, -0.2) is 9.78 Å². The Morgan fingerprint density at radius 3 is 2.44 bits per heavy atom. The largest absolute Gasteiger partial charge is 0.493 e. The van der Waals surface area contributed by atoms with Crippen molar-refractivity contribution in [2.24, 2.45) is 7.05 Å². The van der Waals surface area contributed by atoms with Crippen LogP contribution in [0.15, 0.2) is 27.8 Å². The number of imidazole rings is 1. The van der Waals surface area contributed by atoms with Crippen LogP contribution in [0.3, 0.4) is 0 Å². The zero-order chi connectivity index (χ0) is 19.7. The van der Waals surface area contributed by atoms with Crippen molar-refractivity contribution < 1.29 is 9.47 Å². The zero-order valence-corrected chi connectivity index (χ0v) is 15.7. The number of aryl methyl sites for hydroxylation is 1. The van der Waals surface area contributed by atoms with Crippen LogP contribution in [-0.4, -0.2) is 47.5 Å². The first kappa shape index (κ1) is 18.1. The molecule has 0 radical (unpaired) electrons. The van der Waals surface area contributed by atoms with Gasteiger partial charge in [0.2, 0.25) is 0 Å². The predicted octanol–water partition coefficient (Wildman–Crippen LogP) is 0.0379. The summed E-state index contributed by atoms with van der Waals surface area (Å²) < 4.78 is 13.3. The molecule has 3 rings (SSSR count). The van der Waals surface area contributed by atoms with Crippen LogP contribution >= 0.6 is 0 Å². The molecule has 1 N–H and O–H groups in total. The zero-order valence-electron chi connectivity index (χ0n) is 15.7. The Morgan fingerprint density at radius 2 is 1.81 bits per heavy atom. The lowest BCUT2D eigenvalue weighted by Gasteiger charge is -2.14. The molecule has 27 heavy (non-hydrogen) atoms. The van der Waals surface area contributed by atoms with Crippen LogP contribution in [0.1, 0.15) is 11.4 Å². The fraction of sp³-hybridized carbons (Fsp3) is 0.278. The van der Waals surface area contributed by atoms with Gasteiger partial charge in [0.1, 0.15) is 0 Å². The minimum atomic E-state index is -0.560. The van der Waals surface area contributed by atoms with E-state index >= 15 is 0 Å². The number of fused-ring (bicyclic) bond motifs is 1. The number of aromatic amines is 1. The van der Waals surface area contributed by atoms with Crippen LogP contribution in [-0.2, 0) is 7.05 Å². The number of nitrogens with one attached hydrogen (secondary N) is 1. The van der Waals surface area contributed by atoms with E-state index in [1.165, 1.54) is 4.68 Å². The van der Waals surface area contributed by atoms with Gasteiger partial charge >= 0.3 is 5.69 Å². The van der Waals surface area contributed by atoms with Gasteiger partial charge < -0.3 is 19.0 Å². The lowest BCUT2D eigenvalue weighted by atomic mass is 10.2. The number of rotatable bonds is 3. The predicted molar refractivity (Wildman–Crippen MR) is 101 cm³/mol. The first-order valence-corrected chi connectivity index (χ1v) is 8.00. The molecule has 0 aliphatic rings. The second kappa shape index (κ2) is 6.92. The van der Waals surface area contributed by atoms with Crippen LogP contribution in [0, 0.1) is 11.8 Å². The lowest BCUT2D eigenvalue weighted by Crippen LogP contribution is -2.41. The summed E-state index contributed by atoms with van der Waals surface area (Å²) >= 11 is 0. The molecule has 0 saturated carbocycles. The van der Waals surface area contributed by atoms with Crippen LogP contribution < -0.4 is 25.7 Å². The van der Waals surface area contributed by atoms with Crippen molar-refractivity contribution in [2.75, 3.05) is 33.3 Å². The van der Waals surface area contributed by atoms with Crippen LogP contribution in [0.2, 0.25) is 0 Å². The molecule has 0 saturated heterocycles. The highest BCUT2D eigenvalue weighted by Crippen LogP contribution is 2.27. The molecule has 1 aromatic carbocycles. The fourth-order valence-electron chi connectivity index (χ4n) is 2.72. The van der Waals surface area contributed by atoms with Gasteiger partial charge in [0.15, 0.2) is 28.5 Å². The number of nitrogens with zero attached hydrogens (tertiary/aromatic N) is 4. The van der Waals surface area contributed by atoms with Crippen molar-refractivity contribution in [2.45, 2.75) is 0 Å². The van der Waals surface area contributed by atoms with Crippen molar-refractivity contribution in [1.29, 1.82) is 0 Å². The van der Waals surface area contributed by atoms with E-state index in [1.54, 1.807) is 63.1 Å². The molecule has 0 bridgehead atoms. The number of hydrogen-bond donors (Lipinski definition) is 1. The van der Waals surface area contributed by atoms with E-state index in [0.717, 1.165) is 0 Å². The van der Waals surface area contributed by atoms with Gasteiger partial charge in [-0.2, -0.15) is 4.68 Å². The summed E-state index contributed by atoms with van der Waals surface area (Å²) in [6.07, 6.45) is 0. The van der Waals surface area contributed by atoms with Gasteiger partial charge in [0.25, 0.3) is 5.56 Å². The molecule has 2 heterocycles. The third-order valence-electron chi connectivity index (χ3n) is 4.01. The summed E-state index contributed by atoms with van der Waals surface area (Å²) in [5.74, 6) is 7.45. The Bertz CT molecular complexity index is 1190. The summed E-state index contributed by atoms with van der Waals surface area (Å²) in [5, 5.41) is 1.54. The number of methoxy groups -OCH3 is 2. The Hall–Kier alpha value is -3.67. The summed E-state index contributed by atoms with van der Waals surface area (Å²) in [6.45, 7) is 0. The summed E-state index contributed by atoms with van der Waals surface area (Å²) in [4.78, 5) is 31.0. The Morgan fingerprint density at radius 1 is 1.11 bits per heavy atom. The molecule has 140 valence electrons. The van der Waals surface area contributed by atoms with Crippen molar-refractivity contribution in [3.05, 3.63) is 50.4 Å². The molecule has 9 nitrogen and oxygen atoms in total. The molecule has 0 unspecified atom stereocenters. The first-order valence-electron chi connectivity index (χ1n) is 8.00. The van der Waals surface area contributed by atoms with E-state index in [2.05, 4.69) is 21.8 Å². The maximum Gasteiger partial charge on any atom is 0.349 e. The average Bonchev–Trinajstić information content (AvgIpc) is 2.95. The quantitative estimate of drug-likeness (QED) is 0.655. The summed E-state index contributed by atoms with van der Waals surface area (Å²) in [6, 6.07) is 5.29. The van der Waals surface area contributed by atoms with Gasteiger partial charge in [0.05, 0.1) is 14.2 Å². The maximum atomic E-state index is 12.2. The minimum Gasteiger partial charge on any atom is -0.493 e. The lowest BCUT2D eigenvalue weighted by molar-refractivity contribution is 0.355. The van der Waals surface area contributed by atoms with Gasteiger partial charge in [-0.05, 0) is 24.1 Å². The molecule has 0 spiro atoms. The molecule has 0 amide bonds. The van der Waals surface area contributed by atoms with Crippen molar-refractivity contribution in [3.8, 4) is 23.3 Å². The normalized spacial score (nSPS) is 10.4. The molecule has 0 fully saturated rings. The SMILES string of the molecule is COc1ccc(C#Cc2nc3c(c(=O)[nH]c(=O)n3N(C)C)n2C)cc1OC.